The van der Waals surface area contributed by atoms with E-state index in [-0.39, 0.29) is 11.8 Å². The molecule has 2 bridgehead atoms. The van der Waals surface area contributed by atoms with Gasteiger partial charge in [-0.15, -0.1) is 0 Å². The average molecular weight is 299 g/mol. The van der Waals surface area contributed by atoms with Gasteiger partial charge in [-0.2, -0.15) is 0 Å². The number of hydrogen-bond donors (Lipinski definition) is 0. The summed E-state index contributed by atoms with van der Waals surface area (Å²) in [5, 5.41) is 1.05. The Morgan fingerprint density at radius 1 is 1.16 bits per heavy atom. The van der Waals surface area contributed by atoms with Gasteiger partial charge >= 0.3 is 0 Å². The van der Waals surface area contributed by atoms with Crippen LogP contribution in [0.5, 0.6) is 0 Å². The van der Waals surface area contributed by atoms with Crippen LogP contribution in [0.15, 0.2) is 18.2 Å². The van der Waals surface area contributed by atoms with Gasteiger partial charge < -0.3 is 0 Å². The second-order valence-corrected chi connectivity index (χ2v) is 6.06. The smallest absolute Gasteiger partial charge is 0.155 e. The maximum absolute atomic E-state index is 12.4. The molecule has 0 saturated carbocycles. The van der Waals surface area contributed by atoms with E-state index in [1.165, 1.54) is 0 Å². The molecule has 4 rings (SSSR count). The third-order valence-corrected chi connectivity index (χ3v) is 4.75. The van der Waals surface area contributed by atoms with Crippen LogP contribution in [-0.2, 0) is 11.2 Å². The predicted octanol–water partition coefficient (Wildman–Crippen LogP) is 2.10. The van der Waals surface area contributed by atoms with Crippen molar-refractivity contribution >= 4 is 29.0 Å². The molecule has 102 valence electrons. The van der Waals surface area contributed by atoms with Crippen molar-refractivity contribution in [3.63, 3.8) is 0 Å². The van der Waals surface area contributed by atoms with E-state index in [4.69, 9.17) is 23.2 Å². The molecular formula is C14H16Cl2N2O. The summed E-state index contributed by atoms with van der Waals surface area (Å²) in [6.45, 7) is 5.09. The Balaban J connectivity index is 1.69. The molecule has 5 heteroatoms. The minimum Gasteiger partial charge on any atom is -0.299 e. The molecule has 1 unspecified atom stereocenters. The molecule has 0 amide bonds. The molecule has 0 spiro atoms. The standard InChI is InChI=1S/C14H16Cl2N2O/c15-11-2-1-10(7-12(11)16)8-14(19)13-9-17-3-5-18(13)6-4-17/h1-2,7,13H,3-6,8-9H2. The molecule has 3 saturated heterocycles. The first-order valence-electron chi connectivity index (χ1n) is 6.56. The number of hydrogen-bond acceptors (Lipinski definition) is 3. The number of rotatable bonds is 3. The maximum Gasteiger partial charge on any atom is 0.155 e. The minimum atomic E-state index is 0.0527. The lowest BCUT2D eigenvalue weighted by molar-refractivity contribution is -0.128. The number of carbonyl (C=O) groups excluding carboxylic acids is 1. The van der Waals surface area contributed by atoms with Crippen LogP contribution in [0.4, 0.5) is 0 Å². The van der Waals surface area contributed by atoms with Gasteiger partial charge in [0.2, 0.25) is 0 Å². The topological polar surface area (TPSA) is 23.6 Å². The van der Waals surface area contributed by atoms with Crippen LogP contribution >= 0.6 is 23.2 Å². The zero-order valence-electron chi connectivity index (χ0n) is 10.6. The van der Waals surface area contributed by atoms with Gasteiger partial charge in [-0.25, -0.2) is 0 Å². The van der Waals surface area contributed by atoms with Crippen LogP contribution in [0.1, 0.15) is 5.56 Å². The summed E-state index contributed by atoms with van der Waals surface area (Å²) in [7, 11) is 0. The molecule has 3 heterocycles. The fourth-order valence-electron chi connectivity index (χ4n) is 2.89. The Bertz CT molecular complexity index is 498. The Morgan fingerprint density at radius 2 is 1.89 bits per heavy atom. The van der Waals surface area contributed by atoms with Crippen LogP contribution in [0.2, 0.25) is 10.0 Å². The lowest BCUT2D eigenvalue weighted by atomic mass is 9.98. The first-order chi connectivity index (χ1) is 9.13. The van der Waals surface area contributed by atoms with E-state index >= 15 is 0 Å². The van der Waals surface area contributed by atoms with Crippen molar-refractivity contribution in [2.75, 3.05) is 32.7 Å². The number of piperazine rings is 3. The molecule has 19 heavy (non-hydrogen) atoms. The van der Waals surface area contributed by atoms with Gasteiger partial charge in [0, 0.05) is 39.1 Å². The van der Waals surface area contributed by atoms with E-state index in [1.807, 2.05) is 6.07 Å². The van der Waals surface area contributed by atoms with Crippen LogP contribution < -0.4 is 0 Å². The summed E-state index contributed by atoms with van der Waals surface area (Å²) in [4.78, 5) is 17.1. The molecule has 0 N–H and O–H groups in total. The third-order valence-electron chi connectivity index (χ3n) is 4.01. The Hall–Kier alpha value is -0.610. The monoisotopic (exact) mass is 298 g/mol. The van der Waals surface area contributed by atoms with Crippen LogP contribution in [-0.4, -0.2) is 54.3 Å². The van der Waals surface area contributed by atoms with Crippen molar-refractivity contribution in [2.24, 2.45) is 0 Å². The largest absolute Gasteiger partial charge is 0.299 e. The fourth-order valence-corrected chi connectivity index (χ4v) is 3.21. The number of halogens is 2. The zero-order chi connectivity index (χ0) is 13.4. The van der Waals surface area contributed by atoms with Gasteiger partial charge in [0.25, 0.3) is 0 Å². The van der Waals surface area contributed by atoms with E-state index in [2.05, 4.69) is 9.80 Å². The SMILES string of the molecule is O=C(Cc1ccc(Cl)c(Cl)c1)C1CN2CCN1CC2. The minimum absolute atomic E-state index is 0.0527. The second-order valence-electron chi connectivity index (χ2n) is 5.24. The summed E-state index contributed by atoms with van der Waals surface area (Å²) in [6, 6.07) is 5.47. The van der Waals surface area contributed by atoms with Crippen molar-refractivity contribution in [3.05, 3.63) is 33.8 Å². The number of benzene rings is 1. The highest BCUT2D eigenvalue weighted by atomic mass is 35.5. The Labute approximate surface area is 123 Å². The lowest BCUT2D eigenvalue weighted by Gasteiger charge is -2.46. The molecular weight excluding hydrogens is 283 g/mol. The first-order valence-corrected chi connectivity index (χ1v) is 7.32. The number of carbonyl (C=O) groups is 1. The summed E-state index contributed by atoms with van der Waals surface area (Å²) in [5.41, 5.74) is 0.942. The Kier molecular flexibility index (Phi) is 3.81. The first kappa shape index (κ1) is 13.4. The van der Waals surface area contributed by atoms with E-state index in [0.717, 1.165) is 38.3 Å². The molecule has 1 aromatic rings. The van der Waals surface area contributed by atoms with Crippen molar-refractivity contribution < 1.29 is 4.79 Å². The van der Waals surface area contributed by atoms with Gasteiger partial charge in [0.15, 0.2) is 5.78 Å². The fraction of sp³-hybridized carbons (Fsp3) is 0.500. The van der Waals surface area contributed by atoms with Gasteiger partial charge in [-0.3, -0.25) is 14.6 Å². The summed E-state index contributed by atoms with van der Waals surface area (Å²) in [6.07, 6.45) is 0.436. The summed E-state index contributed by atoms with van der Waals surface area (Å²) < 4.78 is 0. The van der Waals surface area contributed by atoms with Gasteiger partial charge in [-0.05, 0) is 17.7 Å². The quantitative estimate of drug-likeness (QED) is 0.854. The van der Waals surface area contributed by atoms with Crippen LogP contribution in [0.3, 0.4) is 0 Å². The highest BCUT2D eigenvalue weighted by Crippen LogP contribution is 2.24. The maximum atomic E-state index is 12.4. The zero-order valence-corrected chi connectivity index (χ0v) is 12.1. The molecule has 0 aromatic heterocycles. The summed E-state index contributed by atoms with van der Waals surface area (Å²) >= 11 is 11.9. The van der Waals surface area contributed by atoms with Crippen molar-refractivity contribution in [1.82, 2.24) is 9.80 Å². The molecule has 1 atom stereocenters. The predicted molar refractivity (Wildman–Crippen MR) is 77.0 cm³/mol. The molecule has 0 aliphatic carbocycles. The number of Topliss-reactive ketones (excluding diaryl/α,β-unsaturated/α-hetero) is 1. The van der Waals surface area contributed by atoms with Crippen LogP contribution in [0, 0.1) is 0 Å². The molecule has 3 aliphatic rings. The van der Waals surface area contributed by atoms with E-state index in [1.54, 1.807) is 12.1 Å². The number of ketones is 1. The Morgan fingerprint density at radius 3 is 2.47 bits per heavy atom. The third kappa shape index (κ3) is 2.79. The van der Waals surface area contributed by atoms with Gasteiger partial charge in [-0.1, -0.05) is 29.3 Å². The normalized spacial score (nSPS) is 29.5. The van der Waals surface area contributed by atoms with E-state index < -0.39 is 0 Å². The summed E-state index contributed by atoms with van der Waals surface area (Å²) in [5.74, 6) is 0.280. The van der Waals surface area contributed by atoms with Crippen molar-refractivity contribution in [3.8, 4) is 0 Å². The van der Waals surface area contributed by atoms with Crippen molar-refractivity contribution in [2.45, 2.75) is 12.5 Å². The molecule has 1 aromatic carbocycles. The van der Waals surface area contributed by atoms with Gasteiger partial charge in [0.1, 0.15) is 0 Å². The van der Waals surface area contributed by atoms with Crippen molar-refractivity contribution in [1.29, 1.82) is 0 Å². The highest BCUT2D eigenvalue weighted by molar-refractivity contribution is 6.42. The molecule has 0 radical (unpaired) electrons. The molecule has 3 aliphatic heterocycles. The van der Waals surface area contributed by atoms with Crippen LogP contribution in [0.25, 0.3) is 0 Å². The second kappa shape index (κ2) is 5.41. The highest BCUT2D eigenvalue weighted by Gasteiger charge is 2.35. The lowest BCUT2D eigenvalue weighted by Crippen LogP contribution is -2.63. The van der Waals surface area contributed by atoms with E-state index in [0.29, 0.717) is 16.5 Å². The molecule has 3 nitrogen and oxygen atoms in total. The molecule has 3 fully saturated rings. The number of nitrogens with zero attached hydrogens (tertiary/aromatic N) is 2. The number of fused-ring (bicyclic) bond motifs is 3. The average Bonchev–Trinajstić information content (AvgIpc) is 2.44. The van der Waals surface area contributed by atoms with E-state index in [9.17, 15) is 4.79 Å². The van der Waals surface area contributed by atoms with Gasteiger partial charge in [0.05, 0.1) is 16.1 Å².